The number of aliphatic hydroxyl groups is 2. The first-order chi connectivity index (χ1) is 8.80. The van der Waals surface area contributed by atoms with Crippen molar-refractivity contribution in [1.29, 1.82) is 0 Å². The molecule has 1 aromatic carbocycles. The second kappa shape index (κ2) is 6.06. The average Bonchev–Trinajstić information content (AvgIpc) is 2.35. The van der Waals surface area contributed by atoms with Crippen LogP contribution in [0.5, 0.6) is 0 Å². The lowest BCUT2D eigenvalue weighted by Crippen LogP contribution is -2.53. The summed E-state index contributed by atoms with van der Waals surface area (Å²) >= 11 is 5.85. The molecule has 1 rings (SSSR count). The standard InChI is InChI=1S/C11H17ClN2O4S/c1-2-11(6-15,7-16)14-19(17,18)10-4-3-8(13)5-9(10)12/h3-5,14-16H,2,6-7,13H2,1H3. The summed E-state index contributed by atoms with van der Waals surface area (Å²) in [4.78, 5) is -0.150. The van der Waals surface area contributed by atoms with Crippen LogP contribution in [0.3, 0.4) is 0 Å². The Labute approximate surface area is 117 Å². The normalized spacial score (nSPS) is 12.6. The van der Waals surface area contributed by atoms with Crippen LogP contribution in [0.2, 0.25) is 5.02 Å². The van der Waals surface area contributed by atoms with Gasteiger partial charge in [0.1, 0.15) is 4.90 Å². The van der Waals surface area contributed by atoms with Crippen LogP contribution in [0, 0.1) is 0 Å². The van der Waals surface area contributed by atoms with Gasteiger partial charge in [0.05, 0.1) is 23.8 Å². The molecule has 0 aliphatic carbocycles. The zero-order chi connectivity index (χ0) is 14.7. The molecule has 5 N–H and O–H groups in total. The second-order valence-corrected chi connectivity index (χ2v) is 6.30. The number of benzene rings is 1. The molecule has 0 unspecified atom stereocenters. The molecule has 0 amide bonds. The lowest BCUT2D eigenvalue weighted by molar-refractivity contribution is 0.105. The summed E-state index contributed by atoms with van der Waals surface area (Å²) in [5, 5.41) is 18.5. The van der Waals surface area contributed by atoms with E-state index >= 15 is 0 Å². The minimum atomic E-state index is -3.96. The molecule has 0 atom stereocenters. The number of anilines is 1. The monoisotopic (exact) mass is 308 g/mol. The highest BCUT2D eigenvalue weighted by Gasteiger charge is 2.33. The summed E-state index contributed by atoms with van der Waals surface area (Å²) in [6, 6.07) is 4.00. The fraction of sp³-hybridized carbons (Fsp3) is 0.455. The first-order valence-electron chi connectivity index (χ1n) is 5.61. The maximum Gasteiger partial charge on any atom is 0.242 e. The molecule has 8 heteroatoms. The maximum absolute atomic E-state index is 12.2. The van der Waals surface area contributed by atoms with Crippen LogP contribution in [-0.4, -0.2) is 37.4 Å². The van der Waals surface area contributed by atoms with Crippen LogP contribution in [-0.2, 0) is 10.0 Å². The van der Waals surface area contributed by atoms with Gasteiger partial charge in [0.25, 0.3) is 0 Å². The molecule has 0 radical (unpaired) electrons. The molecule has 0 heterocycles. The number of aliphatic hydroxyl groups excluding tert-OH is 2. The predicted molar refractivity (Wildman–Crippen MR) is 73.4 cm³/mol. The van der Waals surface area contributed by atoms with E-state index in [9.17, 15) is 18.6 Å². The third kappa shape index (κ3) is 3.58. The summed E-state index contributed by atoms with van der Waals surface area (Å²) in [6.45, 7) is 0.608. The molecule has 0 aliphatic rings. The van der Waals surface area contributed by atoms with E-state index in [2.05, 4.69) is 4.72 Å². The fourth-order valence-corrected chi connectivity index (χ4v) is 3.50. The van der Waals surface area contributed by atoms with E-state index in [0.717, 1.165) is 0 Å². The van der Waals surface area contributed by atoms with Gasteiger partial charge in [-0.3, -0.25) is 0 Å². The number of hydrogen-bond acceptors (Lipinski definition) is 5. The van der Waals surface area contributed by atoms with Gasteiger partial charge in [0, 0.05) is 5.69 Å². The van der Waals surface area contributed by atoms with Crippen molar-refractivity contribution in [3.05, 3.63) is 23.2 Å². The molecular formula is C11H17ClN2O4S. The van der Waals surface area contributed by atoms with Crippen molar-refractivity contribution in [3.63, 3.8) is 0 Å². The summed E-state index contributed by atoms with van der Waals surface area (Å²) in [7, 11) is -3.96. The Hall–Kier alpha value is -0.860. The summed E-state index contributed by atoms with van der Waals surface area (Å²) < 4.78 is 26.7. The number of rotatable bonds is 6. The highest BCUT2D eigenvalue weighted by atomic mass is 35.5. The first kappa shape index (κ1) is 16.2. The molecule has 0 spiro atoms. The zero-order valence-electron chi connectivity index (χ0n) is 10.4. The van der Waals surface area contributed by atoms with Gasteiger partial charge >= 0.3 is 0 Å². The van der Waals surface area contributed by atoms with Crippen LogP contribution < -0.4 is 10.5 Å². The quantitative estimate of drug-likeness (QED) is 0.566. The van der Waals surface area contributed by atoms with E-state index in [1.165, 1.54) is 18.2 Å². The first-order valence-corrected chi connectivity index (χ1v) is 7.47. The summed E-state index contributed by atoms with van der Waals surface area (Å²) in [5.41, 5.74) is 4.52. The third-order valence-corrected chi connectivity index (χ3v) is 4.94. The molecule has 0 saturated carbocycles. The van der Waals surface area contributed by atoms with Crippen molar-refractivity contribution in [3.8, 4) is 0 Å². The number of halogens is 1. The van der Waals surface area contributed by atoms with Gasteiger partial charge < -0.3 is 15.9 Å². The molecule has 0 fully saturated rings. The van der Waals surface area contributed by atoms with E-state index in [0.29, 0.717) is 5.69 Å². The highest BCUT2D eigenvalue weighted by Crippen LogP contribution is 2.25. The maximum atomic E-state index is 12.2. The zero-order valence-corrected chi connectivity index (χ0v) is 12.0. The average molecular weight is 309 g/mol. The van der Waals surface area contributed by atoms with Crippen LogP contribution in [0.4, 0.5) is 5.69 Å². The Morgan fingerprint density at radius 1 is 1.37 bits per heavy atom. The molecule has 19 heavy (non-hydrogen) atoms. The lowest BCUT2D eigenvalue weighted by atomic mass is 10.0. The largest absolute Gasteiger partial charge is 0.399 e. The Morgan fingerprint density at radius 2 is 1.95 bits per heavy atom. The van der Waals surface area contributed by atoms with Gasteiger partial charge in [-0.25, -0.2) is 13.1 Å². The molecular weight excluding hydrogens is 292 g/mol. The van der Waals surface area contributed by atoms with Gasteiger partial charge in [-0.2, -0.15) is 0 Å². The SMILES string of the molecule is CCC(CO)(CO)NS(=O)(=O)c1ccc(N)cc1Cl. The van der Waals surface area contributed by atoms with Gasteiger partial charge in [0.2, 0.25) is 10.0 Å². The predicted octanol–water partition coefficient (Wildman–Crippen LogP) is 0.334. The van der Waals surface area contributed by atoms with Crippen molar-refractivity contribution in [2.75, 3.05) is 18.9 Å². The molecule has 1 aromatic rings. The number of nitrogens with two attached hydrogens (primary N) is 1. The van der Waals surface area contributed by atoms with E-state index in [1.54, 1.807) is 6.92 Å². The minimum Gasteiger partial charge on any atom is -0.399 e. The second-order valence-electron chi connectivity index (χ2n) is 4.25. The molecule has 108 valence electrons. The van der Waals surface area contributed by atoms with Gasteiger partial charge in [-0.15, -0.1) is 0 Å². The van der Waals surface area contributed by atoms with Crippen molar-refractivity contribution in [1.82, 2.24) is 4.72 Å². The van der Waals surface area contributed by atoms with E-state index in [-0.39, 0.29) is 16.3 Å². The van der Waals surface area contributed by atoms with E-state index in [4.69, 9.17) is 17.3 Å². The Kier molecular flexibility index (Phi) is 5.17. The lowest BCUT2D eigenvalue weighted by Gasteiger charge is -2.29. The molecule has 6 nitrogen and oxygen atoms in total. The van der Waals surface area contributed by atoms with Gasteiger partial charge in [0.15, 0.2) is 0 Å². The number of hydrogen-bond donors (Lipinski definition) is 4. The fourth-order valence-electron chi connectivity index (χ4n) is 1.49. The van der Waals surface area contributed by atoms with Crippen molar-refractivity contribution >= 4 is 27.3 Å². The van der Waals surface area contributed by atoms with Crippen LogP contribution in [0.15, 0.2) is 23.1 Å². The number of sulfonamides is 1. The molecule has 0 bridgehead atoms. The summed E-state index contributed by atoms with van der Waals surface area (Å²) in [6.07, 6.45) is 0.228. The van der Waals surface area contributed by atoms with Crippen molar-refractivity contribution in [2.45, 2.75) is 23.8 Å². The molecule has 0 aromatic heterocycles. The van der Waals surface area contributed by atoms with E-state index in [1.807, 2.05) is 0 Å². The summed E-state index contributed by atoms with van der Waals surface area (Å²) in [5.74, 6) is 0. The number of nitrogens with one attached hydrogen (secondary N) is 1. The molecule has 0 aliphatic heterocycles. The van der Waals surface area contributed by atoms with Crippen molar-refractivity contribution in [2.24, 2.45) is 0 Å². The Morgan fingerprint density at radius 3 is 2.37 bits per heavy atom. The third-order valence-electron chi connectivity index (χ3n) is 2.88. The molecule has 0 saturated heterocycles. The number of nitrogen functional groups attached to an aromatic ring is 1. The van der Waals surface area contributed by atoms with Crippen LogP contribution in [0.1, 0.15) is 13.3 Å². The van der Waals surface area contributed by atoms with Gasteiger partial charge in [-0.05, 0) is 24.6 Å². The highest BCUT2D eigenvalue weighted by molar-refractivity contribution is 7.89. The van der Waals surface area contributed by atoms with E-state index < -0.39 is 28.8 Å². The smallest absolute Gasteiger partial charge is 0.242 e. The Balaban J connectivity index is 3.17. The van der Waals surface area contributed by atoms with Crippen molar-refractivity contribution < 1.29 is 18.6 Å². The topological polar surface area (TPSA) is 113 Å². The van der Waals surface area contributed by atoms with Crippen LogP contribution in [0.25, 0.3) is 0 Å². The minimum absolute atomic E-state index is 0.0200. The van der Waals surface area contributed by atoms with Gasteiger partial charge in [-0.1, -0.05) is 18.5 Å². The van der Waals surface area contributed by atoms with Crippen LogP contribution >= 0.6 is 11.6 Å². The Bertz CT molecular complexity index is 535.